The van der Waals surface area contributed by atoms with Gasteiger partial charge in [0.1, 0.15) is 11.6 Å². The van der Waals surface area contributed by atoms with Gasteiger partial charge in [-0.2, -0.15) is 0 Å². The summed E-state index contributed by atoms with van der Waals surface area (Å²) in [4.78, 5) is 9.03. The van der Waals surface area contributed by atoms with Crippen LogP contribution in [0.15, 0.2) is 12.3 Å². The predicted octanol–water partition coefficient (Wildman–Crippen LogP) is 2.24. The van der Waals surface area contributed by atoms with Gasteiger partial charge in [-0.25, -0.2) is 9.37 Å². The van der Waals surface area contributed by atoms with Crippen LogP contribution in [0.3, 0.4) is 0 Å². The Bertz CT molecular complexity index is 440. The zero-order valence-electron chi connectivity index (χ0n) is 10.3. The third-order valence-corrected chi connectivity index (χ3v) is 4.23. The standard InChI is InChI=1S/C13H17ClFN3/c14-7-10-6-11(15)8-16-13(10)18-5-4-17-3-1-2-12(17)9-18/h6,8,12H,1-5,7,9H2. The first kappa shape index (κ1) is 12.2. The van der Waals surface area contributed by atoms with Crippen molar-refractivity contribution in [3.05, 3.63) is 23.6 Å². The lowest BCUT2D eigenvalue weighted by molar-refractivity contribution is 0.230. The number of fused-ring (bicyclic) bond motifs is 1. The van der Waals surface area contributed by atoms with Gasteiger partial charge in [-0.3, -0.25) is 4.90 Å². The average Bonchev–Trinajstić information content (AvgIpc) is 2.85. The molecular weight excluding hydrogens is 253 g/mol. The quantitative estimate of drug-likeness (QED) is 0.768. The zero-order chi connectivity index (χ0) is 12.5. The van der Waals surface area contributed by atoms with E-state index in [1.54, 1.807) is 0 Å². The highest BCUT2D eigenvalue weighted by atomic mass is 35.5. The minimum absolute atomic E-state index is 0.310. The molecule has 2 fully saturated rings. The maximum atomic E-state index is 13.2. The molecule has 0 spiro atoms. The summed E-state index contributed by atoms with van der Waals surface area (Å²) >= 11 is 5.89. The molecule has 2 aliphatic rings. The number of rotatable bonds is 2. The highest BCUT2D eigenvalue weighted by Crippen LogP contribution is 2.27. The van der Waals surface area contributed by atoms with Crippen LogP contribution in [-0.4, -0.2) is 42.1 Å². The molecule has 1 unspecified atom stereocenters. The van der Waals surface area contributed by atoms with Crippen molar-refractivity contribution in [1.82, 2.24) is 9.88 Å². The molecule has 18 heavy (non-hydrogen) atoms. The van der Waals surface area contributed by atoms with Crippen LogP contribution in [0.2, 0.25) is 0 Å². The van der Waals surface area contributed by atoms with E-state index in [1.165, 1.54) is 31.6 Å². The Balaban J connectivity index is 1.82. The number of aromatic nitrogens is 1. The van der Waals surface area contributed by atoms with Gasteiger partial charge in [-0.1, -0.05) is 0 Å². The fourth-order valence-corrected chi connectivity index (χ4v) is 3.24. The number of piperazine rings is 1. The van der Waals surface area contributed by atoms with Gasteiger partial charge in [0.25, 0.3) is 0 Å². The maximum Gasteiger partial charge on any atom is 0.141 e. The summed E-state index contributed by atoms with van der Waals surface area (Å²) in [5, 5.41) is 0. The van der Waals surface area contributed by atoms with E-state index < -0.39 is 0 Å². The van der Waals surface area contributed by atoms with Gasteiger partial charge in [0, 0.05) is 31.2 Å². The van der Waals surface area contributed by atoms with E-state index in [0.29, 0.717) is 11.9 Å². The van der Waals surface area contributed by atoms with E-state index in [9.17, 15) is 4.39 Å². The summed E-state index contributed by atoms with van der Waals surface area (Å²) in [5.41, 5.74) is 0.795. The van der Waals surface area contributed by atoms with Crippen LogP contribution >= 0.6 is 11.6 Å². The molecule has 3 nitrogen and oxygen atoms in total. The van der Waals surface area contributed by atoms with Gasteiger partial charge in [0.15, 0.2) is 0 Å². The van der Waals surface area contributed by atoms with Crippen LogP contribution in [0, 0.1) is 5.82 Å². The Kier molecular flexibility index (Phi) is 3.39. The molecule has 0 aromatic carbocycles. The van der Waals surface area contributed by atoms with E-state index in [4.69, 9.17) is 11.6 Å². The van der Waals surface area contributed by atoms with Crippen LogP contribution in [0.1, 0.15) is 18.4 Å². The van der Waals surface area contributed by atoms with E-state index >= 15 is 0 Å². The van der Waals surface area contributed by atoms with E-state index in [1.807, 2.05) is 0 Å². The minimum atomic E-state index is -0.311. The van der Waals surface area contributed by atoms with Crippen molar-refractivity contribution in [3.8, 4) is 0 Å². The molecule has 0 bridgehead atoms. The summed E-state index contributed by atoms with van der Waals surface area (Å²) in [6.45, 7) is 4.24. The largest absolute Gasteiger partial charge is 0.354 e. The van der Waals surface area contributed by atoms with Gasteiger partial charge in [0.2, 0.25) is 0 Å². The smallest absolute Gasteiger partial charge is 0.141 e. The minimum Gasteiger partial charge on any atom is -0.354 e. The van der Waals surface area contributed by atoms with Crippen LogP contribution in [0.5, 0.6) is 0 Å². The van der Waals surface area contributed by atoms with Gasteiger partial charge < -0.3 is 4.90 Å². The lowest BCUT2D eigenvalue weighted by Crippen LogP contribution is -2.50. The summed E-state index contributed by atoms with van der Waals surface area (Å²) < 4.78 is 13.2. The molecule has 1 aromatic heterocycles. The lowest BCUT2D eigenvalue weighted by Gasteiger charge is -2.38. The van der Waals surface area contributed by atoms with Crippen molar-refractivity contribution in [2.45, 2.75) is 24.8 Å². The Morgan fingerprint density at radius 1 is 1.39 bits per heavy atom. The molecule has 5 heteroatoms. The molecule has 0 aliphatic carbocycles. The topological polar surface area (TPSA) is 19.4 Å². The molecule has 3 rings (SSSR count). The molecular formula is C13H17ClFN3. The Labute approximate surface area is 112 Å². The van der Waals surface area contributed by atoms with Gasteiger partial charge >= 0.3 is 0 Å². The molecule has 2 aliphatic heterocycles. The molecule has 2 saturated heterocycles. The Morgan fingerprint density at radius 3 is 3.11 bits per heavy atom. The average molecular weight is 270 g/mol. The van der Waals surface area contributed by atoms with E-state index in [0.717, 1.165) is 31.0 Å². The monoisotopic (exact) mass is 269 g/mol. The molecule has 0 N–H and O–H groups in total. The summed E-state index contributed by atoms with van der Waals surface area (Å²) in [6.07, 6.45) is 3.83. The van der Waals surface area contributed by atoms with Crippen molar-refractivity contribution >= 4 is 17.4 Å². The third-order valence-electron chi connectivity index (χ3n) is 3.94. The predicted molar refractivity (Wildman–Crippen MR) is 70.6 cm³/mol. The second-order valence-corrected chi connectivity index (χ2v) is 5.32. The van der Waals surface area contributed by atoms with Crippen molar-refractivity contribution in [3.63, 3.8) is 0 Å². The van der Waals surface area contributed by atoms with Crippen LogP contribution in [-0.2, 0) is 5.88 Å². The van der Waals surface area contributed by atoms with Gasteiger partial charge in [-0.05, 0) is 25.5 Å². The number of nitrogens with zero attached hydrogens (tertiary/aromatic N) is 3. The van der Waals surface area contributed by atoms with Gasteiger partial charge in [-0.15, -0.1) is 11.6 Å². The van der Waals surface area contributed by atoms with Gasteiger partial charge in [0.05, 0.1) is 12.1 Å². The Hall–Kier alpha value is -0.870. The maximum absolute atomic E-state index is 13.2. The highest BCUT2D eigenvalue weighted by Gasteiger charge is 2.31. The van der Waals surface area contributed by atoms with Crippen molar-refractivity contribution in [2.24, 2.45) is 0 Å². The first-order valence-corrected chi connectivity index (χ1v) is 7.01. The SMILES string of the molecule is Fc1cnc(N2CCN3CCCC3C2)c(CCl)c1. The number of halogens is 2. The summed E-state index contributed by atoms with van der Waals surface area (Å²) in [5.74, 6) is 0.859. The molecule has 0 amide bonds. The molecule has 98 valence electrons. The number of alkyl halides is 1. The summed E-state index contributed by atoms with van der Waals surface area (Å²) in [6, 6.07) is 2.13. The van der Waals surface area contributed by atoms with E-state index in [2.05, 4.69) is 14.8 Å². The fraction of sp³-hybridized carbons (Fsp3) is 0.615. The number of pyridine rings is 1. The van der Waals surface area contributed by atoms with Crippen LogP contribution < -0.4 is 4.90 Å². The molecule has 3 heterocycles. The number of anilines is 1. The molecule has 1 atom stereocenters. The molecule has 0 saturated carbocycles. The van der Waals surface area contributed by atoms with Crippen molar-refractivity contribution < 1.29 is 4.39 Å². The van der Waals surface area contributed by atoms with Crippen LogP contribution in [0.4, 0.5) is 10.2 Å². The van der Waals surface area contributed by atoms with Crippen LogP contribution in [0.25, 0.3) is 0 Å². The second kappa shape index (κ2) is 5.02. The van der Waals surface area contributed by atoms with Crippen molar-refractivity contribution in [2.75, 3.05) is 31.1 Å². The zero-order valence-corrected chi connectivity index (χ0v) is 11.0. The Morgan fingerprint density at radius 2 is 2.28 bits per heavy atom. The fourth-order valence-electron chi connectivity index (χ4n) is 3.04. The molecule has 0 radical (unpaired) electrons. The third kappa shape index (κ3) is 2.19. The van der Waals surface area contributed by atoms with E-state index in [-0.39, 0.29) is 5.82 Å². The van der Waals surface area contributed by atoms with Crippen molar-refractivity contribution in [1.29, 1.82) is 0 Å². The number of hydrogen-bond acceptors (Lipinski definition) is 3. The molecule has 1 aromatic rings. The normalized spacial score (nSPS) is 24.3. The first-order chi connectivity index (χ1) is 8.78. The lowest BCUT2D eigenvalue weighted by atomic mass is 10.1. The first-order valence-electron chi connectivity index (χ1n) is 6.47. The number of hydrogen-bond donors (Lipinski definition) is 0. The summed E-state index contributed by atoms with van der Waals surface area (Å²) in [7, 11) is 0. The highest BCUT2D eigenvalue weighted by molar-refractivity contribution is 6.17. The second-order valence-electron chi connectivity index (χ2n) is 5.05.